The summed E-state index contributed by atoms with van der Waals surface area (Å²) in [6.07, 6.45) is 0.661. The van der Waals surface area contributed by atoms with E-state index in [0.29, 0.717) is 17.8 Å². The SMILES string of the molecule is CC(=O)N1c2cc(F)ccc2[C@@H](Nc2cccc(F)c2)C[C@H]1C. The van der Waals surface area contributed by atoms with Gasteiger partial charge in [-0.3, -0.25) is 4.79 Å². The number of hydrogen-bond donors (Lipinski definition) is 1. The van der Waals surface area contributed by atoms with E-state index in [1.165, 1.54) is 31.2 Å². The average Bonchev–Trinajstić information content (AvgIpc) is 2.46. The molecular weight excluding hydrogens is 298 g/mol. The Morgan fingerprint density at radius 3 is 2.61 bits per heavy atom. The summed E-state index contributed by atoms with van der Waals surface area (Å²) in [6.45, 7) is 3.40. The van der Waals surface area contributed by atoms with Crippen LogP contribution in [0.4, 0.5) is 20.2 Å². The molecule has 0 bridgehead atoms. The average molecular weight is 316 g/mol. The molecule has 1 aliphatic rings. The molecule has 1 N–H and O–H groups in total. The Balaban J connectivity index is 1.99. The second kappa shape index (κ2) is 5.99. The summed E-state index contributed by atoms with van der Waals surface area (Å²) in [5.41, 5.74) is 2.07. The molecule has 2 aromatic carbocycles. The highest BCUT2D eigenvalue weighted by atomic mass is 19.1. The van der Waals surface area contributed by atoms with Crippen LogP contribution in [0.3, 0.4) is 0 Å². The summed E-state index contributed by atoms with van der Waals surface area (Å²) in [7, 11) is 0. The van der Waals surface area contributed by atoms with Gasteiger partial charge in [0.2, 0.25) is 5.91 Å². The van der Waals surface area contributed by atoms with Crippen LogP contribution in [0.2, 0.25) is 0 Å². The van der Waals surface area contributed by atoms with Gasteiger partial charge in [0.25, 0.3) is 0 Å². The van der Waals surface area contributed by atoms with Crippen LogP contribution >= 0.6 is 0 Å². The molecule has 120 valence electrons. The summed E-state index contributed by atoms with van der Waals surface area (Å²) in [4.78, 5) is 13.5. The largest absolute Gasteiger partial charge is 0.378 e. The van der Waals surface area contributed by atoms with Gasteiger partial charge in [0, 0.05) is 18.7 Å². The molecule has 0 spiro atoms. The first kappa shape index (κ1) is 15.5. The van der Waals surface area contributed by atoms with E-state index in [4.69, 9.17) is 0 Å². The highest BCUT2D eigenvalue weighted by Gasteiger charge is 2.32. The quantitative estimate of drug-likeness (QED) is 0.897. The molecule has 23 heavy (non-hydrogen) atoms. The lowest BCUT2D eigenvalue weighted by Crippen LogP contribution is -2.43. The smallest absolute Gasteiger partial charge is 0.224 e. The van der Waals surface area contributed by atoms with Crippen molar-refractivity contribution in [3.05, 3.63) is 59.7 Å². The van der Waals surface area contributed by atoms with Crippen LogP contribution in [-0.4, -0.2) is 11.9 Å². The third-order valence-corrected chi connectivity index (χ3v) is 4.15. The van der Waals surface area contributed by atoms with Gasteiger partial charge < -0.3 is 10.2 Å². The van der Waals surface area contributed by atoms with Gasteiger partial charge in [0.15, 0.2) is 0 Å². The van der Waals surface area contributed by atoms with E-state index in [2.05, 4.69) is 5.32 Å². The zero-order valence-electron chi connectivity index (χ0n) is 13.0. The van der Waals surface area contributed by atoms with E-state index in [1.54, 1.807) is 23.1 Å². The molecule has 1 aliphatic heterocycles. The minimum absolute atomic E-state index is 0.0761. The van der Waals surface area contributed by atoms with Crippen LogP contribution < -0.4 is 10.2 Å². The number of halogens is 2. The first-order valence-electron chi connectivity index (χ1n) is 7.57. The maximum Gasteiger partial charge on any atom is 0.224 e. The molecule has 0 aliphatic carbocycles. The molecule has 1 heterocycles. The summed E-state index contributed by atoms with van der Waals surface area (Å²) in [6, 6.07) is 10.5. The van der Waals surface area contributed by atoms with Gasteiger partial charge >= 0.3 is 0 Å². The van der Waals surface area contributed by atoms with E-state index >= 15 is 0 Å². The summed E-state index contributed by atoms with van der Waals surface area (Å²) < 4.78 is 27.0. The molecule has 1 amide bonds. The van der Waals surface area contributed by atoms with Crippen LogP contribution in [0.15, 0.2) is 42.5 Å². The Kier molecular flexibility index (Phi) is 4.03. The van der Waals surface area contributed by atoms with Crippen LogP contribution in [0.1, 0.15) is 31.9 Å². The molecule has 5 heteroatoms. The zero-order valence-corrected chi connectivity index (χ0v) is 13.0. The van der Waals surface area contributed by atoms with Crippen molar-refractivity contribution in [2.45, 2.75) is 32.4 Å². The van der Waals surface area contributed by atoms with Crippen LogP contribution in [0, 0.1) is 11.6 Å². The molecule has 2 atom stereocenters. The molecule has 2 aromatic rings. The van der Waals surface area contributed by atoms with Crippen molar-refractivity contribution in [1.82, 2.24) is 0 Å². The van der Waals surface area contributed by atoms with Crippen molar-refractivity contribution in [1.29, 1.82) is 0 Å². The van der Waals surface area contributed by atoms with Gasteiger partial charge in [-0.25, -0.2) is 8.78 Å². The van der Waals surface area contributed by atoms with Crippen molar-refractivity contribution >= 4 is 17.3 Å². The maximum atomic E-state index is 13.7. The molecule has 0 aromatic heterocycles. The van der Waals surface area contributed by atoms with Crippen molar-refractivity contribution in [2.24, 2.45) is 0 Å². The number of benzene rings is 2. The van der Waals surface area contributed by atoms with E-state index < -0.39 is 0 Å². The summed E-state index contributed by atoms with van der Waals surface area (Å²) in [5, 5.41) is 3.29. The first-order valence-corrected chi connectivity index (χ1v) is 7.57. The second-order valence-corrected chi connectivity index (χ2v) is 5.88. The fraction of sp³-hybridized carbons (Fsp3) is 0.278. The number of carbonyl (C=O) groups is 1. The van der Waals surface area contributed by atoms with Gasteiger partial charge in [0.1, 0.15) is 11.6 Å². The van der Waals surface area contributed by atoms with E-state index in [0.717, 1.165) is 5.56 Å². The number of nitrogens with zero attached hydrogens (tertiary/aromatic N) is 1. The molecule has 3 nitrogen and oxygen atoms in total. The molecule has 3 rings (SSSR count). The number of fused-ring (bicyclic) bond motifs is 1. The highest BCUT2D eigenvalue weighted by molar-refractivity contribution is 5.93. The van der Waals surface area contributed by atoms with Crippen molar-refractivity contribution < 1.29 is 13.6 Å². The lowest BCUT2D eigenvalue weighted by atomic mass is 9.91. The fourth-order valence-corrected chi connectivity index (χ4v) is 3.23. The minimum atomic E-state index is -0.381. The van der Waals surface area contributed by atoms with Crippen LogP contribution in [0.25, 0.3) is 0 Å². The van der Waals surface area contributed by atoms with Crippen molar-refractivity contribution in [2.75, 3.05) is 10.2 Å². The van der Waals surface area contributed by atoms with Crippen LogP contribution in [-0.2, 0) is 4.79 Å². The van der Waals surface area contributed by atoms with E-state index in [-0.39, 0.29) is 29.6 Å². The van der Waals surface area contributed by atoms with Crippen molar-refractivity contribution in [3.8, 4) is 0 Å². The van der Waals surface area contributed by atoms with Gasteiger partial charge in [-0.15, -0.1) is 0 Å². The second-order valence-electron chi connectivity index (χ2n) is 5.88. The Morgan fingerprint density at radius 1 is 1.17 bits per heavy atom. The molecule has 0 saturated heterocycles. The maximum absolute atomic E-state index is 13.7. The number of anilines is 2. The number of rotatable bonds is 2. The fourth-order valence-electron chi connectivity index (χ4n) is 3.23. The number of hydrogen-bond acceptors (Lipinski definition) is 2. The zero-order chi connectivity index (χ0) is 16.6. The third kappa shape index (κ3) is 3.04. The van der Waals surface area contributed by atoms with Gasteiger partial charge in [0.05, 0.1) is 11.7 Å². The molecule has 0 fully saturated rings. The normalized spacial score (nSPS) is 20.1. The Hall–Kier alpha value is -2.43. The molecule has 0 radical (unpaired) electrons. The lowest BCUT2D eigenvalue weighted by Gasteiger charge is -2.39. The molecular formula is C18H18F2N2O. The minimum Gasteiger partial charge on any atom is -0.378 e. The molecule has 0 unspecified atom stereocenters. The Labute approximate surface area is 133 Å². The van der Waals surface area contributed by atoms with Crippen molar-refractivity contribution in [3.63, 3.8) is 0 Å². The third-order valence-electron chi connectivity index (χ3n) is 4.15. The number of carbonyl (C=O) groups excluding carboxylic acids is 1. The summed E-state index contributed by atoms with van der Waals surface area (Å²) >= 11 is 0. The summed E-state index contributed by atoms with van der Waals surface area (Å²) in [5.74, 6) is -0.814. The highest BCUT2D eigenvalue weighted by Crippen LogP contribution is 2.39. The predicted octanol–water partition coefficient (Wildman–Crippen LogP) is 4.26. The van der Waals surface area contributed by atoms with E-state index in [9.17, 15) is 13.6 Å². The standard InChI is InChI=1S/C18H18F2N2O/c1-11-8-17(21-15-5-3-4-13(19)9-15)16-7-6-14(20)10-18(16)22(11)12(2)23/h3-7,9-11,17,21H,8H2,1-2H3/t11-,17+/m1/s1. The van der Waals surface area contributed by atoms with Gasteiger partial charge in [-0.05, 0) is 49.2 Å². The van der Waals surface area contributed by atoms with Gasteiger partial charge in [-0.1, -0.05) is 12.1 Å². The van der Waals surface area contributed by atoms with E-state index in [1.807, 2.05) is 6.92 Å². The monoisotopic (exact) mass is 316 g/mol. The Morgan fingerprint density at radius 2 is 1.91 bits per heavy atom. The number of amides is 1. The predicted molar refractivity (Wildman–Crippen MR) is 86.4 cm³/mol. The Bertz CT molecular complexity index is 748. The lowest BCUT2D eigenvalue weighted by molar-refractivity contribution is -0.117. The van der Waals surface area contributed by atoms with Gasteiger partial charge in [-0.2, -0.15) is 0 Å². The first-order chi connectivity index (χ1) is 11.0. The topological polar surface area (TPSA) is 32.3 Å². The number of nitrogens with one attached hydrogen (secondary N) is 1. The molecule has 0 saturated carbocycles. The van der Waals surface area contributed by atoms with Crippen LogP contribution in [0.5, 0.6) is 0 Å².